The zero-order valence-electron chi connectivity index (χ0n) is 8.57. The van der Waals surface area contributed by atoms with Gasteiger partial charge < -0.3 is 10.4 Å². The van der Waals surface area contributed by atoms with Gasteiger partial charge in [0.1, 0.15) is 0 Å². The molecule has 0 aliphatic rings. The Morgan fingerprint density at radius 2 is 2.25 bits per heavy atom. The molecule has 0 fully saturated rings. The second kappa shape index (κ2) is 5.98. The first-order chi connectivity index (χ1) is 7.54. The first-order valence-electron chi connectivity index (χ1n) is 4.62. The van der Waals surface area contributed by atoms with Crippen LogP contribution < -0.4 is 5.32 Å². The second-order valence-corrected chi connectivity index (χ2v) is 4.11. The quantitative estimate of drug-likeness (QED) is 0.855. The Bertz CT molecular complexity index is 387. The predicted molar refractivity (Wildman–Crippen MR) is 60.6 cm³/mol. The van der Waals surface area contributed by atoms with Gasteiger partial charge in [0.2, 0.25) is 0 Å². The van der Waals surface area contributed by atoms with E-state index in [0.29, 0.717) is 6.54 Å². The predicted octanol–water partition coefficient (Wildman–Crippen LogP) is 1.14. The van der Waals surface area contributed by atoms with Crippen molar-refractivity contribution in [1.82, 2.24) is 15.5 Å². The molecule has 0 spiro atoms. The van der Waals surface area contributed by atoms with Gasteiger partial charge in [-0.25, -0.2) is 0 Å². The van der Waals surface area contributed by atoms with Crippen LogP contribution in [0.25, 0.3) is 0 Å². The van der Waals surface area contributed by atoms with Crippen LogP contribution in [0.15, 0.2) is 6.07 Å². The van der Waals surface area contributed by atoms with Gasteiger partial charge in [-0.05, 0) is 12.0 Å². The summed E-state index contributed by atoms with van der Waals surface area (Å²) in [7, 11) is 0. The number of amides is 1. The fraction of sp³-hybridized carbons (Fsp3) is 0.444. The highest BCUT2D eigenvalue weighted by atomic mass is 35.5. The average Bonchev–Trinajstić information content (AvgIpc) is 2.28. The van der Waals surface area contributed by atoms with Crippen molar-refractivity contribution < 1.29 is 9.90 Å². The molecule has 1 heterocycles. The number of hydrogen-bond acceptors (Lipinski definition) is 4. The molecule has 16 heavy (non-hydrogen) atoms. The smallest absolute Gasteiger partial charge is 0.254 e. The van der Waals surface area contributed by atoms with Crippen molar-refractivity contribution in [2.45, 2.75) is 6.92 Å². The molecule has 1 aromatic heterocycles. The van der Waals surface area contributed by atoms with Gasteiger partial charge >= 0.3 is 0 Å². The Kier molecular flexibility index (Phi) is 4.92. The van der Waals surface area contributed by atoms with Crippen LogP contribution in [0.2, 0.25) is 10.3 Å². The van der Waals surface area contributed by atoms with E-state index in [4.69, 9.17) is 28.3 Å². The molecule has 7 heteroatoms. The maximum atomic E-state index is 11.6. The van der Waals surface area contributed by atoms with E-state index in [-0.39, 0.29) is 34.3 Å². The van der Waals surface area contributed by atoms with Gasteiger partial charge in [0, 0.05) is 13.2 Å². The van der Waals surface area contributed by atoms with Crippen LogP contribution >= 0.6 is 23.2 Å². The van der Waals surface area contributed by atoms with Crippen molar-refractivity contribution in [3.63, 3.8) is 0 Å². The van der Waals surface area contributed by atoms with Gasteiger partial charge in [-0.15, -0.1) is 10.2 Å². The molecule has 0 aliphatic carbocycles. The van der Waals surface area contributed by atoms with Gasteiger partial charge in [-0.3, -0.25) is 4.79 Å². The molecule has 5 nitrogen and oxygen atoms in total. The minimum atomic E-state index is -0.387. The third-order valence-electron chi connectivity index (χ3n) is 1.89. The van der Waals surface area contributed by atoms with E-state index in [1.54, 1.807) is 6.92 Å². The SMILES string of the molecule is CC(CO)CNC(=O)c1cc(Cl)nnc1Cl. The summed E-state index contributed by atoms with van der Waals surface area (Å²) in [6.07, 6.45) is 0. The van der Waals surface area contributed by atoms with Crippen molar-refractivity contribution in [2.24, 2.45) is 5.92 Å². The van der Waals surface area contributed by atoms with Crippen LogP contribution in [-0.4, -0.2) is 34.4 Å². The van der Waals surface area contributed by atoms with E-state index >= 15 is 0 Å². The van der Waals surface area contributed by atoms with Crippen molar-refractivity contribution in [3.05, 3.63) is 21.9 Å². The molecule has 0 bridgehead atoms. The fourth-order valence-corrected chi connectivity index (χ4v) is 1.26. The fourth-order valence-electron chi connectivity index (χ4n) is 0.939. The van der Waals surface area contributed by atoms with Crippen LogP contribution in [0, 0.1) is 5.92 Å². The number of hydrogen-bond donors (Lipinski definition) is 2. The van der Waals surface area contributed by atoms with Gasteiger partial charge in [-0.2, -0.15) is 0 Å². The molecule has 2 N–H and O–H groups in total. The number of aliphatic hydroxyl groups is 1. The number of halogens is 2. The molecule has 0 saturated heterocycles. The van der Waals surface area contributed by atoms with Crippen LogP contribution in [0.4, 0.5) is 0 Å². The topological polar surface area (TPSA) is 75.1 Å². The molecule has 0 aromatic carbocycles. The third-order valence-corrected chi connectivity index (χ3v) is 2.35. The summed E-state index contributed by atoms with van der Waals surface area (Å²) in [5.41, 5.74) is 0.173. The van der Waals surface area contributed by atoms with E-state index in [9.17, 15) is 4.79 Å². The summed E-state index contributed by atoms with van der Waals surface area (Å²) >= 11 is 11.3. The lowest BCUT2D eigenvalue weighted by atomic mass is 10.2. The van der Waals surface area contributed by atoms with Crippen molar-refractivity contribution in [1.29, 1.82) is 0 Å². The number of rotatable bonds is 4. The number of aromatic nitrogens is 2. The molecule has 1 aromatic rings. The monoisotopic (exact) mass is 263 g/mol. The lowest BCUT2D eigenvalue weighted by Gasteiger charge is -2.09. The number of nitrogens with one attached hydrogen (secondary N) is 1. The molecule has 1 amide bonds. The molecule has 88 valence electrons. The van der Waals surface area contributed by atoms with Crippen molar-refractivity contribution in [2.75, 3.05) is 13.2 Å². The highest BCUT2D eigenvalue weighted by molar-refractivity contribution is 6.34. The number of aliphatic hydroxyl groups excluding tert-OH is 1. The Labute approximate surface area is 103 Å². The van der Waals surface area contributed by atoms with Crippen LogP contribution in [0.3, 0.4) is 0 Å². The standard InChI is InChI=1S/C9H11Cl2N3O2/c1-5(4-15)3-12-9(16)6-2-7(10)13-14-8(6)11/h2,5,15H,3-4H2,1H3,(H,12,16). The van der Waals surface area contributed by atoms with Crippen molar-refractivity contribution in [3.8, 4) is 0 Å². The first-order valence-corrected chi connectivity index (χ1v) is 5.38. The summed E-state index contributed by atoms with van der Waals surface area (Å²) in [5.74, 6) is -0.407. The third kappa shape index (κ3) is 3.59. The summed E-state index contributed by atoms with van der Waals surface area (Å²) in [6.45, 7) is 2.16. The Morgan fingerprint density at radius 1 is 1.56 bits per heavy atom. The highest BCUT2D eigenvalue weighted by Gasteiger charge is 2.13. The molecular weight excluding hydrogens is 253 g/mol. The summed E-state index contributed by atoms with van der Waals surface area (Å²) in [4.78, 5) is 11.6. The second-order valence-electron chi connectivity index (χ2n) is 3.37. The maximum Gasteiger partial charge on any atom is 0.254 e. The Balaban J connectivity index is 2.69. The zero-order valence-corrected chi connectivity index (χ0v) is 10.1. The lowest BCUT2D eigenvalue weighted by Crippen LogP contribution is -2.29. The van der Waals surface area contributed by atoms with Gasteiger partial charge in [0.05, 0.1) is 5.56 Å². The molecule has 0 radical (unpaired) electrons. The zero-order chi connectivity index (χ0) is 12.1. The molecule has 1 rings (SSSR count). The van der Waals surface area contributed by atoms with E-state index in [1.165, 1.54) is 6.07 Å². The number of nitrogens with zero attached hydrogens (tertiary/aromatic N) is 2. The summed E-state index contributed by atoms with van der Waals surface area (Å²) < 4.78 is 0. The summed E-state index contributed by atoms with van der Waals surface area (Å²) in [6, 6.07) is 1.34. The first kappa shape index (κ1) is 13.2. The van der Waals surface area contributed by atoms with Gasteiger partial charge in [-0.1, -0.05) is 30.1 Å². The van der Waals surface area contributed by atoms with E-state index in [0.717, 1.165) is 0 Å². The van der Waals surface area contributed by atoms with Crippen molar-refractivity contribution >= 4 is 29.1 Å². The van der Waals surface area contributed by atoms with E-state index < -0.39 is 0 Å². The Morgan fingerprint density at radius 3 is 2.88 bits per heavy atom. The molecule has 0 saturated carbocycles. The average molecular weight is 264 g/mol. The highest BCUT2D eigenvalue weighted by Crippen LogP contribution is 2.15. The van der Waals surface area contributed by atoms with Crippen LogP contribution in [-0.2, 0) is 0 Å². The van der Waals surface area contributed by atoms with Crippen LogP contribution in [0.5, 0.6) is 0 Å². The largest absolute Gasteiger partial charge is 0.396 e. The van der Waals surface area contributed by atoms with Gasteiger partial charge in [0.25, 0.3) is 5.91 Å². The number of carbonyl (C=O) groups excluding carboxylic acids is 1. The van der Waals surface area contributed by atoms with E-state index in [2.05, 4.69) is 15.5 Å². The molecule has 1 atom stereocenters. The van der Waals surface area contributed by atoms with Crippen LogP contribution in [0.1, 0.15) is 17.3 Å². The molecule has 0 aliphatic heterocycles. The normalized spacial score (nSPS) is 12.2. The molecule has 1 unspecified atom stereocenters. The van der Waals surface area contributed by atoms with Gasteiger partial charge in [0.15, 0.2) is 10.3 Å². The maximum absolute atomic E-state index is 11.6. The van der Waals surface area contributed by atoms with E-state index in [1.807, 2.05) is 0 Å². The number of carbonyl (C=O) groups is 1. The summed E-state index contributed by atoms with van der Waals surface area (Å²) in [5, 5.41) is 18.5. The molecular formula is C9H11Cl2N3O2. The minimum absolute atomic E-state index is 0.00134. The Hall–Kier alpha value is -0.910. The lowest BCUT2D eigenvalue weighted by molar-refractivity contribution is 0.0942. The minimum Gasteiger partial charge on any atom is -0.396 e.